The highest BCUT2D eigenvalue weighted by molar-refractivity contribution is 9.10. The minimum Gasteiger partial charge on any atom is -0.354 e. The van der Waals surface area contributed by atoms with Crippen molar-refractivity contribution in [2.45, 2.75) is 50.6 Å². The van der Waals surface area contributed by atoms with Gasteiger partial charge in [-0.25, -0.2) is 8.42 Å². The molecule has 10 heteroatoms. The smallest absolute Gasteiger partial charge is 0.264 e. The van der Waals surface area contributed by atoms with Crippen LogP contribution in [0.3, 0.4) is 0 Å². The van der Waals surface area contributed by atoms with E-state index in [1.54, 1.807) is 36.4 Å². The van der Waals surface area contributed by atoms with Gasteiger partial charge in [-0.3, -0.25) is 13.9 Å². The highest BCUT2D eigenvalue weighted by atomic mass is 79.9. The summed E-state index contributed by atoms with van der Waals surface area (Å²) in [6, 6.07) is 28.9. The van der Waals surface area contributed by atoms with Gasteiger partial charge in [-0.1, -0.05) is 101 Å². The van der Waals surface area contributed by atoms with Gasteiger partial charge in [0.15, 0.2) is 0 Å². The SMILES string of the molecule is CCCCNC(=O)C(Cc1ccccc1)N(Cc1ccc(Br)cc1)C(=O)CN(c1ccc(Cl)cc1)S(=O)(=O)c1ccc(C)cc1. The predicted molar refractivity (Wildman–Crippen MR) is 184 cm³/mol. The molecule has 4 aromatic rings. The molecule has 4 aromatic carbocycles. The fourth-order valence-electron chi connectivity index (χ4n) is 4.82. The number of hydrogen-bond acceptors (Lipinski definition) is 4. The number of aryl methyl sites for hydroxylation is 1. The quantitative estimate of drug-likeness (QED) is 0.141. The van der Waals surface area contributed by atoms with Gasteiger partial charge in [-0.15, -0.1) is 0 Å². The monoisotopic (exact) mass is 709 g/mol. The van der Waals surface area contributed by atoms with Gasteiger partial charge in [0.05, 0.1) is 10.6 Å². The lowest BCUT2D eigenvalue weighted by atomic mass is 10.0. The lowest BCUT2D eigenvalue weighted by Crippen LogP contribution is -2.53. The summed E-state index contributed by atoms with van der Waals surface area (Å²) in [4.78, 5) is 29.8. The number of hydrogen-bond donors (Lipinski definition) is 1. The minimum atomic E-state index is -4.18. The number of anilines is 1. The van der Waals surface area contributed by atoms with Gasteiger partial charge in [0.1, 0.15) is 12.6 Å². The van der Waals surface area contributed by atoms with Crippen molar-refractivity contribution < 1.29 is 18.0 Å². The second kappa shape index (κ2) is 16.1. The number of nitrogens with zero attached hydrogens (tertiary/aromatic N) is 2. The molecule has 4 rings (SSSR count). The van der Waals surface area contributed by atoms with E-state index in [9.17, 15) is 18.0 Å². The third-order valence-electron chi connectivity index (χ3n) is 7.37. The summed E-state index contributed by atoms with van der Waals surface area (Å²) in [5.74, 6) is -0.813. The number of carbonyl (C=O) groups excluding carboxylic acids is 2. The molecular formula is C35H37BrClN3O4S. The van der Waals surface area contributed by atoms with Crippen LogP contribution in [0, 0.1) is 6.92 Å². The summed E-state index contributed by atoms with van der Waals surface area (Å²) in [5, 5.41) is 3.43. The van der Waals surface area contributed by atoms with Gasteiger partial charge in [0.2, 0.25) is 11.8 Å². The summed E-state index contributed by atoms with van der Waals surface area (Å²) in [6.45, 7) is 3.96. The molecule has 0 saturated heterocycles. The molecule has 1 N–H and O–H groups in total. The highest BCUT2D eigenvalue weighted by Crippen LogP contribution is 2.27. The normalized spacial score (nSPS) is 11.9. The second-order valence-electron chi connectivity index (χ2n) is 10.8. The van der Waals surface area contributed by atoms with Crippen LogP contribution in [0.4, 0.5) is 5.69 Å². The summed E-state index contributed by atoms with van der Waals surface area (Å²) < 4.78 is 30.1. The molecule has 2 amide bonds. The summed E-state index contributed by atoms with van der Waals surface area (Å²) >= 11 is 9.59. The van der Waals surface area contributed by atoms with Crippen molar-refractivity contribution in [3.8, 4) is 0 Å². The van der Waals surface area contributed by atoms with Crippen LogP contribution in [0.1, 0.15) is 36.5 Å². The van der Waals surface area contributed by atoms with Gasteiger partial charge in [-0.2, -0.15) is 0 Å². The first-order chi connectivity index (χ1) is 21.6. The van der Waals surface area contributed by atoms with Crippen LogP contribution in [0.15, 0.2) is 112 Å². The molecule has 0 aliphatic heterocycles. The van der Waals surface area contributed by atoms with E-state index >= 15 is 0 Å². The fraction of sp³-hybridized carbons (Fsp3) is 0.257. The molecule has 236 valence electrons. The molecule has 0 fully saturated rings. The van der Waals surface area contributed by atoms with Gasteiger partial charge < -0.3 is 10.2 Å². The van der Waals surface area contributed by atoms with E-state index in [4.69, 9.17) is 11.6 Å². The number of rotatable bonds is 14. The molecule has 0 aromatic heterocycles. The standard InChI is InChI=1S/C35H37BrClN3O4S/c1-3-4-22-38-35(42)33(23-27-8-6-5-7-9-27)39(24-28-12-14-29(36)15-13-28)34(41)25-40(31-18-16-30(37)17-19-31)45(43,44)32-20-10-26(2)11-21-32/h5-21,33H,3-4,22-25H2,1-2H3,(H,38,42). The Hall–Kier alpha value is -3.66. The van der Waals surface area contributed by atoms with E-state index in [-0.39, 0.29) is 29.5 Å². The molecule has 1 atom stereocenters. The Bertz CT molecular complexity index is 1670. The molecular weight excluding hydrogens is 674 g/mol. The zero-order valence-electron chi connectivity index (χ0n) is 25.3. The zero-order chi connectivity index (χ0) is 32.4. The predicted octanol–water partition coefficient (Wildman–Crippen LogP) is 7.16. The average Bonchev–Trinajstić information content (AvgIpc) is 3.03. The third kappa shape index (κ3) is 9.42. The van der Waals surface area contributed by atoms with Gasteiger partial charge in [0.25, 0.3) is 10.0 Å². The molecule has 0 aliphatic carbocycles. The Morgan fingerprint density at radius 2 is 1.51 bits per heavy atom. The summed E-state index contributed by atoms with van der Waals surface area (Å²) in [7, 11) is -4.18. The van der Waals surface area contributed by atoms with E-state index in [0.717, 1.165) is 38.3 Å². The number of halogens is 2. The molecule has 45 heavy (non-hydrogen) atoms. The molecule has 0 heterocycles. The Morgan fingerprint density at radius 3 is 2.13 bits per heavy atom. The van der Waals surface area contributed by atoms with Crippen molar-refractivity contribution in [3.05, 3.63) is 129 Å². The Labute approximate surface area is 279 Å². The fourth-order valence-corrected chi connectivity index (χ4v) is 6.62. The van der Waals surface area contributed by atoms with Crippen molar-refractivity contribution in [1.29, 1.82) is 0 Å². The zero-order valence-corrected chi connectivity index (χ0v) is 28.5. The Morgan fingerprint density at radius 1 is 0.867 bits per heavy atom. The Balaban J connectivity index is 1.78. The van der Waals surface area contributed by atoms with Crippen LogP contribution in [0.5, 0.6) is 0 Å². The average molecular weight is 711 g/mol. The lowest BCUT2D eigenvalue weighted by Gasteiger charge is -2.34. The molecule has 0 aliphatic rings. The molecule has 7 nitrogen and oxygen atoms in total. The summed E-state index contributed by atoms with van der Waals surface area (Å²) in [5.41, 5.74) is 2.86. The van der Waals surface area contributed by atoms with Gasteiger partial charge in [0, 0.05) is 29.0 Å². The topological polar surface area (TPSA) is 86.8 Å². The van der Waals surface area contributed by atoms with Crippen LogP contribution < -0.4 is 9.62 Å². The van der Waals surface area contributed by atoms with Crippen molar-refractivity contribution in [3.63, 3.8) is 0 Å². The van der Waals surface area contributed by atoms with Gasteiger partial charge in [-0.05, 0) is 73.0 Å². The number of nitrogens with one attached hydrogen (secondary N) is 1. The number of carbonyl (C=O) groups is 2. The van der Waals surface area contributed by atoms with E-state index in [0.29, 0.717) is 11.6 Å². The van der Waals surface area contributed by atoms with Crippen LogP contribution in [0.25, 0.3) is 0 Å². The first-order valence-corrected chi connectivity index (χ1v) is 17.4. The first-order valence-electron chi connectivity index (χ1n) is 14.8. The number of sulfonamides is 1. The number of amides is 2. The molecule has 0 bridgehead atoms. The van der Waals surface area contributed by atoms with Crippen molar-refractivity contribution in [1.82, 2.24) is 10.2 Å². The van der Waals surface area contributed by atoms with Crippen molar-refractivity contribution in [2.24, 2.45) is 0 Å². The minimum absolute atomic E-state index is 0.0495. The van der Waals surface area contributed by atoms with Crippen LogP contribution in [0.2, 0.25) is 5.02 Å². The summed E-state index contributed by atoms with van der Waals surface area (Å²) in [6.07, 6.45) is 1.95. The van der Waals surface area contributed by atoms with E-state index in [1.807, 2.05) is 68.4 Å². The maximum Gasteiger partial charge on any atom is 0.264 e. The molecule has 0 saturated carbocycles. The lowest BCUT2D eigenvalue weighted by molar-refractivity contribution is -0.140. The number of benzene rings is 4. The third-order valence-corrected chi connectivity index (χ3v) is 9.94. The first kappa shape index (κ1) is 34.2. The Kier molecular flexibility index (Phi) is 12.2. The van der Waals surface area contributed by atoms with Crippen molar-refractivity contribution in [2.75, 3.05) is 17.4 Å². The maximum absolute atomic E-state index is 14.5. The molecule has 0 radical (unpaired) electrons. The van der Waals surface area contributed by atoms with E-state index < -0.39 is 28.5 Å². The van der Waals surface area contributed by atoms with E-state index in [1.165, 1.54) is 17.0 Å². The van der Waals surface area contributed by atoms with E-state index in [2.05, 4.69) is 21.2 Å². The van der Waals surface area contributed by atoms with Crippen molar-refractivity contribution >= 4 is 55.1 Å². The number of unbranched alkanes of at least 4 members (excludes halogenated alkanes) is 1. The highest BCUT2D eigenvalue weighted by Gasteiger charge is 2.34. The maximum atomic E-state index is 14.5. The largest absolute Gasteiger partial charge is 0.354 e. The molecule has 0 spiro atoms. The van der Waals surface area contributed by atoms with Crippen LogP contribution in [-0.4, -0.2) is 44.3 Å². The second-order valence-corrected chi connectivity index (χ2v) is 14.0. The van der Waals surface area contributed by atoms with Gasteiger partial charge >= 0.3 is 0 Å². The van der Waals surface area contributed by atoms with Crippen LogP contribution >= 0.6 is 27.5 Å². The van der Waals surface area contributed by atoms with Crippen LogP contribution in [-0.2, 0) is 32.6 Å². The molecule has 1 unspecified atom stereocenters.